The molecule has 108 valence electrons. The van der Waals surface area contributed by atoms with Gasteiger partial charge < -0.3 is 4.74 Å². The van der Waals surface area contributed by atoms with Gasteiger partial charge in [0.1, 0.15) is 0 Å². The molecule has 5 heteroatoms. The molecule has 0 aromatic heterocycles. The second kappa shape index (κ2) is 6.10. The third kappa shape index (κ3) is 5.89. The van der Waals surface area contributed by atoms with Gasteiger partial charge in [-0.3, -0.25) is 0 Å². The second-order valence-corrected chi connectivity index (χ2v) is 9.32. The third-order valence-corrected chi connectivity index (χ3v) is 5.28. The molecule has 0 amide bonds. The summed E-state index contributed by atoms with van der Waals surface area (Å²) in [6.45, 7) is 8.74. The van der Waals surface area contributed by atoms with Crippen LogP contribution in [0.15, 0.2) is 0 Å². The van der Waals surface area contributed by atoms with Crippen LogP contribution in [-0.2, 0) is 13.8 Å². The van der Waals surface area contributed by atoms with Gasteiger partial charge in [0, 0.05) is 16.1 Å². The average molecular weight is 297 g/mol. The standard InChI is InChI=1S/C13H25ClO3S/c1-10-5-6-12(7-11(10)2)17-8-13(3,4)9-18(14,15)16/h10-12H,5-9H2,1-4H3. The normalized spacial score (nSPS) is 30.4. The van der Waals surface area contributed by atoms with Gasteiger partial charge in [-0.05, 0) is 31.1 Å². The summed E-state index contributed by atoms with van der Waals surface area (Å²) in [4.78, 5) is 0. The van der Waals surface area contributed by atoms with Crippen LogP contribution in [0.5, 0.6) is 0 Å². The maximum Gasteiger partial charge on any atom is 0.233 e. The Kier molecular flexibility index (Phi) is 5.51. The predicted molar refractivity (Wildman–Crippen MR) is 75.3 cm³/mol. The molecule has 0 spiro atoms. The van der Waals surface area contributed by atoms with Crippen molar-refractivity contribution in [3.63, 3.8) is 0 Å². The highest BCUT2D eigenvalue weighted by molar-refractivity contribution is 8.13. The zero-order valence-electron chi connectivity index (χ0n) is 11.8. The molecule has 1 fully saturated rings. The van der Waals surface area contributed by atoms with Crippen LogP contribution in [0.1, 0.15) is 47.0 Å². The lowest BCUT2D eigenvalue weighted by atomic mass is 9.80. The fourth-order valence-corrected chi connectivity index (χ4v) is 4.40. The molecule has 0 heterocycles. The first kappa shape index (κ1) is 16.3. The van der Waals surface area contributed by atoms with Gasteiger partial charge >= 0.3 is 0 Å². The Labute approximate surface area is 116 Å². The van der Waals surface area contributed by atoms with Gasteiger partial charge in [-0.15, -0.1) is 0 Å². The van der Waals surface area contributed by atoms with E-state index in [1.807, 2.05) is 13.8 Å². The summed E-state index contributed by atoms with van der Waals surface area (Å²) in [7, 11) is 1.84. The molecule has 0 N–H and O–H groups in total. The monoisotopic (exact) mass is 296 g/mol. The van der Waals surface area contributed by atoms with Gasteiger partial charge in [-0.2, -0.15) is 0 Å². The highest BCUT2D eigenvalue weighted by Gasteiger charge is 2.29. The third-order valence-electron chi connectivity index (χ3n) is 3.82. The summed E-state index contributed by atoms with van der Waals surface area (Å²) in [6, 6.07) is 0. The number of rotatable bonds is 5. The van der Waals surface area contributed by atoms with Crippen LogP contribution in [-0.4, -0.2) is 26.9 Å². The summed E-state index contributed by atoms with van der Waals surface area (Å²) in [6.07, 6.45) is 3.62. The second-order valence-electron chi connectivity index (χ2n) is 6.55. The zero-order chi connectivity index (χ0) is 14.0. The summed E-state index contributed by atoms with van der Waals surface area (Å²) >= 11 is 0. The fraction of sp³-hybridized carbons (Fsp3) is 1.00. The van der Waals surface area contributed by atoms with Crippen LogP contribution in [0, 0.1) is 17.3 Å². The molecule has 1 rings (SSSR count). The number of ether oxygens (including phenoxy) is 1. The minimum absolute atomic E-state index is 0.0414. The maximum absolute atomic E-state index is 11.1. The molecule has 0 aromatic rings. The molecule has 3 atom stereocenters. The molecule has 0 radical (unpaired) electrons. The molecule has 1 aliphatic rings. The molecule has 0 saturated heterocycles. The molecule has 0 bridgehead atoms. The lowest BCUT2D eigenvalue weighted by molar-refractivity contribution is -0.0276. The highest BCUT2D eigenvalue weighted by Crippen LogP contribution is 2.32. The van der Waals surface area contributed by atoms with Gasteiger partial charge in [-0.1, -0.05) is 27.7 Å². The van der Waals surface area contributed by atoms with Crippen molar-refractivity contribution in [3.8, 4) is 0 Å². The Balaban J connectivity index is 2.41. The van der Waals surface area contributed by atoms with E-state index in [1.54, 1.807) is 0 Å². The Hall–Kier alpha value is 0.200. The summed E-state index contributed by atoms with van der Waals surface area (Å²) in [5.74, 6) is 1.41. The fourth-order valence-electron chi connectivity index (χ4n) is 2.50. The number of halogens is 1. The quantitative estimate of drug-likeness (QED) is 0.730. The van der Waals surface area contributed by atoms with Crippen molar-refractivity contribution in [1.29, 1.82) is 0 Å². The average Bonchev–Trinajstić information content (AvgIpc) is 2.16. The molecular formula is C13H25ClO3S. The Morgan fingerprint density at radius 1 is 1.22 bits per heavy atom. The molecular weight excluding hydrogens is 272 g/mol. The summed E-state index contributed by atoms with van der Waals surface area (Å²) < 4.78 is 28.1. The minimum Gasteiger partial charge on any atom is -0.378 e. The lowest BCUT2D eigenvalue weighted by Crippen LogP contribution is -2.33. The van der Waals surface area contributed by atoms with Crippen molar-refractivity contribution >= 4 is 19.7 Å². The van der Waals surface area contributed by atoms with E-state index in [4.69, 9.17) is 15.4 Å². The van der Waals surface area contributed by atoms with E-state index >= 15 is 0 Å². The first-order chi connectivity index (χ1) is 8.09. The smallest absolute Gasteiger partial charge is 0.233 e. The molecule has 3 nitrogen and oxygen atoms in total. The Morgan fingerprint density at radius 3 is 2.33 bits per heavy atom. The molecule has 18 heavy (non-hydrogen) atoms. The van der Waals surface area contributed by atoms with Crippen LogP contribution < -0.4 is 0 Å². The van der Waals surface area contributed by atoms with E-state index in [0.29, 0.717) is 12.5 Å². The number of hydrogen-bond donors (Lipinski definition) is 0. The summed E-state index contributed by atoms with van der Waals surface area (Å²) in [5, 5.41) is 0. The van der Waals surface area contributed by atoms with Gasteiger partial charge in [0.2, 0.25) is 9.05 Å². The van der Waals surface area contributed by atoms with Crippen molar-refractivity contribution in [3.05, 3.63) is 0 Å². The van der Waals surface area contributed by atoms with Crippen LogP contribution in [0.25, 0.3) is 0 Å². The molecule has 1 saturated carbocycles. The Morgan fingerprint density at radius 2 is 1.83 bits per heavy atom. The topological polar surface area (TPSA) is 43.4 Å². The van der Waals surface area contributed by atoms with Gasteiger partial charge in [0.05, 0.1) is 18.5 Å². The zero-order valence-corrected chi connectivity index (χ0v) is 13.4. The largest absolute Gasteiger partial charge is 0.378 e. The van der Waals surface area contributed by atoms with Crippen LogP contribution >= 0.6 is 10.7 Å². The lowest BCUT2D eigenvalue weighted by Gasteiger charge is -2.34. The van der Waals surface area contributed by atoms with Crippen molar-refractivity contribution < 1.29 is 13.2 Å². The van der Waals surface area contributed by atoms with E-state index in [1.165, 1.54) is 6.42 Å². The molecule has 3 unspecified atom stereocenters. The molecule has 0 aliphatic heterocycles. The first-order valence-electron chi connectivity index (χ1n) is 6.63. The Bertz CT molecular complexity index is 364. The highest BCUT2D eigenvalue weighted by atomic mass is 35.7. The summed E-state index contributed by atoms with van der Waals surface area (Å²) in [5.41, 5.74) is -0.424. The minimum atomic E-state index is -3.46. The number of hydrogen-bond acceptors (Lipinski definition) is 3. The van der Waals surface area contributed by atoms with Crippen LogP contribution in [0.4, 0.5) is 0 Å². The van der Waals surface area contributed by atoms with Crippen LogP contribution in [0.3, 0.4) is 0 Å². The maximum atomic E-state index is 11.1. The predicted octanol–water partition coefficient (Wildman–Crippen LogP) is 3.42. The van der Waals surface area contributed by atoms with Crippen molar-refractivity contribution in [2.24, 2.45) is 17.3 Å². The van der Waals surface area contributed by atoms with E-state index in [2.05, 4.69) is 13.8 Å². The molecule has 0 aromatic carbocycles. The van der Waals surface area contributed by atoms with Gasteiger partial charge in [-0.25, -0.2) is 8.42 Å². The van der Waals surface area contributed by atoms with Crippen LogP contribution in [0.2, 0.25) is 0 Å². The van der Waals surface area contributed by atoms with Gasteiger partial charge in [0.15, 0.2) is 0 Å². The first-order valence-corrected chi connectivity index (χ1v) is 9.11. The van der Waals surface area contributed by atoms with E-state index in [9.17, 15) is 8.42 Å². The molecule has 1 aliphatic carbocycles. The SMILES string of the molecule is CC1CCC(OCC(C)(C)CS(=O)(=O)Cl)CC1C. The van der Waals surface area contributed by atoms with Crippen molar-refractivity contribution in [2.45, 2.75) is 53.1 Å². The van der Waals surface area contributed by atoms with E-state index < -0.39 is 14.5 Å². The van der Waals surface area contributed by atoms with Crippen molar-refractivity contribution in [1.82, 2.24) is 0 Å². The van der Waals surface area contributed by atoms with Gasteiger partial charge in [0.25, 0.3) is 0 Å². The van der Waals surface area contributed by atoms with E-state index in [-0.39, 0.29) is 11.9 Å². The van der Waals surface area contributed by atoms with Crippen molar-refractivity contribution in [2.75, 3.05) is 12.4 Å². The van der Waals surface area contributed by atoms with E-state index in [0.717, 1.165) is 18.8 Å².